The first kappa shape index (κ1) is 15.3. The molecule has 6 heteroatoms. The summed E-state index contributed by atoms with van der Waals surface area (Å²) in [5, 5.41) is 3.21. The summed E-state index contributed by atoms with van der Waals surface area (Å²) in [6.45, 7) is 1.51. The van der Waals surface area contributed by atoms with Crippen LogP contribution >= 0.6 is 11.8 Å². The minimum Gasteiger partial charge on any atom is -0.342 e. The van der Waals surface area contributed by atoms with E-state index in [4.69, 9.17) is 0 Å². The summed E-state index contributed by atoms with van der Waals surface area (Å²) in [5.41, 5.74) is 0. The number of carbonyl (C=O) groups excluding carboxylic acids is 1. The zero-order chi connectivity index (χ0) is 14.5. The third kappa shape index (κ3) is 3.93. The average molecular weight is 300 g/mol. The van der Waals surface area contributed by atoms with Crippen LogP contribution in [-0.4, -0.2) is 42.7 Å². The fourth-order valence-electron chi connectivity index (χ4n) is 2.22. The van der Waals surface area contributed by atoms with E-state index < -0.39 is 11.6 Å². The second-order valence-electron chi connectivity index (χ2n) is 4.81. The van der Waals surface area contributed by atoms with Crippen molar-refractivity contribution in [2.45, 2.75) is 23.8 Å². The number of nitrogens with zero attached hydrogens (tertiary/aromatic N) is 1. The van der Waals surface area contributed by atoms with E-state index in [0.29, 0.717) is 10.9 Å². The van der Waals surface area contributed by atoms with Gasteiger partial charge in [-0.1, -0.05) is 0 Å². The molecule has 2 rings (SSSR count). The molecule has 1 aliphatic heterocycles. The van der Waals surface area contributed by atoms with Crippen LogP contribution in [0.25, 0.3) is 0 Å². The highest BCUT2D eigenvalue weighted by atomic mass is 32.2. The molecule has 1 aliphatic rings. The maximum atomic E-state index is 13.0. The van der Waals surface area contributed by atoms with E-state index >= 15 is 0 Å². The molecule has 1 fully saturated rings. The Hall–Kier alpha value is -1.14. The van der Waals surface area contributed by atoms with Crippen LogP contribution in [-0.2, 0) is 4.79 Å². The van der Waals surface area contributed by atoms with Crippen molar-refractivity contribution in [3.63, 3.8) is 0 Å². The Labute approximate surface area is 121 Å². The normalized spacial score (nSPS) is 16.4. The number of hydrogen-bond acceptors (Lipinski definition) is 3. The molecule has 0 aromatic heterocycles. The molecule has 1 saturated heterocycles. The van der Waals surface area contributed by atoms with Crippen LogP contribution in [0, 0.1) is 11.6 Å². The molecule has 20 heavy (non-hydrogen) atoms. The standard InChI is InChI=1S/C14H18F2N2OS/c1-17-10-4-6-18(7-5-10)14(19)9-20-11-2-3-12(15)13(16)8-11/h2-3,8,10,17H,4-7,9H2,1H3. The van der Waals surface area contributed by atoms with Crippen molar-refractivity contribution in [3.8, 4) is 0 Å². The van der Waals surface area contributed by atoms with Crippen molar-refractivity contribution in [2.24, 2.45) is 0 Å². The SMILES string of the molecule is CNC1CCN(C(=O)CSc2ccc(F)c(F)c2)CC1. The number of thioether (sulfide) groups is 1. The number of benzene rings is 1. The van der Waals surface area contributed by atoms with E-state index in [0.717, 1.165) is 38.1 Å². The number of carbonyl (C=O) groups is 1. The molecule has 0 aliphatic carbocycles. The van der Waals surface area contributed by atoms with Crippen molar-refractivity contribution >= 4 is 17.7 Å². The molecule has 1 aromatic carbocycles. The molecule has 1 aromatic rings. The lowest BCUT2D eigenvalue weighted by atomic mass is 10.1. The lowest BCUT2D eigenvalue weighted by Crippen LogP contribution is -2.44. The quantitative estimate of drug-likeness (QED) is 0.866. The van der Waals surface area contributed by atoms with E-state index in [1.54, 1.807) is 0 Å². The molecular weight excluding hydrogens is 282 g/mol. The highest BCUT2D eigenvalue weighted by Crippen LogP contribution is 2.21. The van der Waals surface area contributed by atoms with E-state index in [1.165, 1.54) is 17.8 Å². The lowest BCUT2D eigenvalue weighted by Gasteiger charge is -2.31. The first-order valence-electron chi connectivity index (χ1n) is 6.63. The number of halogens is 2. The van der Waals surface area contributed by atoms with Gasteiger partial charge >= 0.3 is 0 Å². The Balaban J connectivity index is 1.81. The topological polar surface area (TPSA) is 32.3 Å². The Morgan fingerprint density at radius 3 is 2.65 bits per heavy atom. The van der Waals surface area contributed by atoms with Crippen LogP contribution in [0.15, 0.2) is 23.1 Å². The molecular formula is C14H18F2N2OS. The van der Waals surface area contributed by atoms with Gasteiger partial charge < -0.3 is 10.2 Å². The number of likely N-dealkylation sites (tertiary alicyclic amines) is 1. The second kappa shape index (κ2) is 7.04. The van der Waals surface area contributed by atoms with Gasteiger partial charge in [0, 0.05) is 24.0 Å². The van der Waals surface area contributed by atoms with Gasteiger partial charge in [-0.2, -0.15) is 0 Å². The smallest absolute Gasteiger partial charge is 0.232 e. The van der Waals surface area contributed by atoms with Gasteiger partial charge in [-0.3, -0.25) is 4.79 Å². The van der Waals surface area contributed by atoms with Gasteiger partial charge in [0.1, 0.15) is 0 Å². The third-order valence-corrected chi connectivity index (χ3v) is 4.49. The summed E-state index contributed by atoms with van der Waals surface area (Å²) in [5.74, 6) is -1.43. The first-order chi connectivity index (χ1) is 9.60. The summed E-state index contributed by atoms with van der Waals surface area (Å²) < 4.78 is 25.8. The first-order valence-corrected chi connectivity index (χ1v) is 7.61. The molecule has 1 heterocycles. The van der Waals surface area contributed by atoms with E-state index in [-0.39, 0.29) is 11.7 Å². The summed E-state index contributed by atoms with van der Waals surface area (Å²) >= 11 is 1.24. The predicted molar refractivity (Wildman–Crippen MR) is 75.7 cm³/mol. The molecule has 3 nitrogen and oxygen atoms in total. The maximum Gasteiger partial charge on any atom is 0.232 e. The second-order valence-corrected chi connectivity index (χ2v) is 5.86. The number of amides is 1. The van der Waals surface area contributed by atoms with Gasteiger partial charge in [-0.15, -0.1) is 11.8 Å². The van der Waals surface area contributed by atoms with Crippen LogP contribution in [0.5, 0.6) is 0 Å². The van der Waals surface area contributed by atoms with Crippen LogP contribution in [0.3, 0.4) is 0 Å². The van der Waals surface area contributed by atoms with Gasteiger partial charge in [-0.25, -0.2) is 8.78 Å². The Kier molecular flexibility index (Phi) is 5.37. The Bertz CT molecular complexity index is 476. The highest BCUT2D eigenvalue weighted by molar-refractivity contribution is 8.00. The van der Waals surface area contributed by atoms with Gasteiger partial charge in [0.15, 0.2) is 11.6 Å². The van der Waals surface area contributed by atoms with Crippen LogP contribution in [0.2, 0.25) is 0 Å². The van der Waals surface area contributed by atoms with Crippen LogP contribution in [0.1, 0.15) is 12.8 Å². The fourth-order valence-corrected chi connectivity index (χ4v) is 3.04. The number of piperidine rings is 1. The zero-order valence-corrected chi connectivity index (χ0v) is 12.2. The molecule has 0 atom stereocenters. The molecule has 0 unspecified atom stereocenters. The fraction of sp³-hybridized carbons (Fsp3) is 0.500. The van der Waals surface area contributed by atoms with Crippen molar-refractivity contribution in [2.75, 3.05) is 25.9 Å². The minimum atomic E-state index is -0.878. The number of nitrogens with one attached hydrogen (secondary N) is 1. The Morgan fingerprint density at radius 2 is 2.05 bits per heavy atom. The molecule has 0 bridgehead atoms. The van der Waals surface area contributed by atoms with Gasteiger partial charge in [0.2, 0.25) is 5.91 Å². The summed E-state index contributed by atoms with van der Waals surface area (Å²) in [6.07, 6.45) is 1.91. The number of hydrogen-bond donors (Lipinski definition) is 1. The third-order valence-electron chi connectivity index (χ3n) is 3.51. The largest absolute Gasteiger partial charge is 0.342 e. The van der Waals surface area contributed by atoms with E-state index in [9.17, 15) is 13.6 Å². The van der Waals surface area contributed by atoms with Crippen molar-refractivity contribution < 1.29 is 13.6 Å². The summed E-state index contributed by atoms with van der Waals surface area (Å²) in [6, 6.07) is 4.18. The lowest BCUT2D eigenvalue weighted by molar-refractivity contribution is -0.129. The van der Waals surface area contributed by atoms with Crippen molar-refractivity contribution in [3.05, 3.63) is 29.8 Å². The molecule has 0 spiro atoms. The molecule has 0 radical (unpaired) electrons. The maximum absolute atomic E-state index is 13.0. The highest BCUT2D eigenvalue weighted by Gasteiger charge is 2.21. The van der Waals surface area contributed by atoms with E-state index in [2.05, 4.69) is 5.32 Å². The Morgan fingerprint density at radius 1 is 1.35 bits per heavy atom. The van der Waals surface area contributed by atoms with Gasteiger partial charge in [-0.05, 0) is 38.1 Å². The predicted octanol–water partition coefficient (Wildman–Crippen LogP) is 2.27. The zero-order valence-electron chi connectivity index (χ0n) is 11.4. The van der Waals surface area contributed by atoms with E-state index in [1.807, 2.05) is 11.9 Å². The van der Waals surface area contributed by atoms with Crippen LogP contribution < -0.4 is 5.32 Å². The van der Waals surface area contributed by atoms with Crippen molar-refractivity contribution in [1.82, 2.24) is 10.2 Å². The summed E-state index contributed by atoms with van der Waals surface area (Å²) in [7, 11) is 1.93. The van der Waals surface area contributed by atoms with Gasteiger partial charge in [0.05, 0.1) is 5.75 Å². The van der Waals surface area contributed by atoms with Crippen molar-refractivity contribution in [1.29, 1.82) is 0 Å². The van der Waals surface area contributed by atoms with Gasteiger partial charge in [0.25, 0.3) is 0 Å². The molecule has 1 amide bonds. The average Bonchev–Trinajstić information content (AvgIpc) is 2.48. The molecule has 1 N–H and O–H groups in total. The summed E-state index contributed by atoms with van der Waals surface area (Å²) in [4.78, 5) is 14.4. The molecule has 110 valence electrons. The number of rotatable bonds is 4. The molecule has 0 saturated carbocycles. The minimum absolute atomic E-state index is 0.0503. The van der Waals surface area contributed by atoms with Crippen LogP contribution in [0.4, 0.5) is 8.78 Å². The monoisotopic (exact) mass is 300 g/mol.